The van der Waals surface area contributed by atoms with E-state index in [1.54, 1.807) is 0 Å². The largest absolute Gasteiger partial charge is 0.297 e. The molecule has 0 saturated heterocycles. The fourth-order valence-corrected chi connectivity index (χ4v) is 5.41. The van der Waals surface area contributed by atoms with Crippen LogP contribution in [0.1, 0.15) is 18.5 Å². The Kier molecular flexibility index (Phi) is 5.35. The number of rotatable bonds is 5. The molecule has 0 saturated carbocycles. The molecule has 3 rings (SSSR count). The van der Waals surface area contributed by atoms with Gasteiger partial charge in [0.1, 0.15) is 0 Å². The molecular formula is C20H19BrNOP. The zero-order valence-corrected chi connectivity index (χ0v) is 15.9. The van der Waals surface area contributed by atoms with Crippen LogP contribution in [0, 0.1) is 0 Å². The summed E-state index contributed by atoms with van der Waals surface area (Å²) in [6, 6.07) is 27.4. The van der Waals surface area contributed by atoms with E-state index in [1.807, 2.05) is 91.9 Å². The topological polar surface area (TPSA) is 29.1 Å². The Hall–Kier alpha value is -1.67. The van der Waals surface area contributed by atoms with Crippen molar-refractivity contribution in [1.29, 1.82) is 0 Å². The van der Waals surface area contributed by atoms with Crippen molar-refractivity contribution < 1.29 is 4.57 Å². The molecule has 1 atom stereocenters. The van der Waals surface area contributed by atoms with Gasteiger partial charge in [0, 0.05) is 21.1 Å². The van der Waals surface area contributed by atoms with Gasteiger partial charge in [0.25, 0.3) is 0 Å². The summed E-state index contributed by atoms with van der Waals surface area (Å²) in [7, 11) is -2.92. The summed E-state index contributed by atoms with van der Waals surface area (Å²) in [5.74, 6) is 0. The maximum absolute atomic E-state index is 13.9. The first kappa shape index (κ1) is 17.2. The fraction of sp³-hybridized carbons (Fsp3) is 0.100. The molecular weight excluding hydrogens is 381 g/mol. The van der Waals surface area contributed by atoms with E-state index in [0.717, 1.165) is 20.6 Å². The van der Waals surface area contributed by atoms with E-state index in [2.05, 4.69) is 21.0 Å². The second-order valence-electron chi connectivity index (χ2n) is 5.68. The van der Waals surface area contributed by atoms with Crippen molar-refractivity contribution in [2.24, 2.45) is 0 Å². The van der Waals surface area contributed by atoms with Gasteiger partial charge >= 0.3 is 0 Å². The van der Waals surface area contributed by atoms with Crippen LogP contribution in [0.2, 0.25) is 0 Å². The quantitative estimate of drug-likeness (QED) is 0.609. The molecule has 3 aromatic carbocycles. The number of benzene rings is 3. The van der Waals surface area contributed by atoms with E-state index in [9.17, 15) is 4.57 Å². The molecule has 122 valence electrons. The first-order chi connectivity index (χ1) is 11.6. The van der Waals surface area contributed by atoms with Crippen LogP contribution >= 0.6 is 23.2 Å². The van der Waals surface area contributed by atoms with E-state index >= 15 is 0 Å². The van der Waals surface area contributed by atoms with E-state index in [-0.39, 0.29) is 6.04 Å². The van der Waals surface area contributed by atoms with Crippen molar-refractivity contribution in [1.82, 2.24) is 5.09 Å². The zero-order valence-electron chi connectivity index (χ0n) is 13.4. The molecule has 0 heterocycles. The van der Waals surface area contributed by atoms with Crippen LogP contribution < -0.4 is 15.7 Å². The van der Waals surface area contributed by atoms with Gasteiger partial charge in [0.2, 0.25) is 7.29 Å². The minimum absolute atomic E-state index is 0.0376. The zero-order chi connectivity index (χ0) is 17.0. The molecule has 0 fully saturated rings. The highest BCUT2D eigenvalue weighted by molar-refractivity contribution is 9.10. The first-order valence-corrected chi connectivity index (χ1v) is 10.3. The van der Waals surface area contributed by atoms with Crippen LogP contribution in [0.5, 0.6) is 0 Å². The van der Waals surface area contributed by atoms with E-state index in [4.69, 9.17) is 0 Å². The summed E-state index contributed by atoms with van der Waals surface area (Å²) in [5, 5.41) is 5.04. The third-order valence-corrected chi connectivity index (χ3v) is 7.32. The van der Waals surface area contributed by atoms with Gasteiger partial charge in [-0.2, -0.15) is 0 Å². The summed E-state index contributed by atoms with van der Waals surface area (Å²) in [4.78, 5) is 0. The predicted molar refractivity (Wildman–Crippen MR) is 105 cm³/mol. The molecule has 4 heteroatoms. The van der Waals surface area contributed by atoms with Crippen molar-refractivity contribution in [2.45, 2.75) is 13.0 Å². The van der Waals surface area contributed by atoms with Crippen LogP contribution in [0.3, 0.4) is 0 Å². The van der Waals surface area contributed by atoms with Crippen molar-refractivity contribution in [3.8, 4) is 0 Å². The van der Waals surface area contributed by atoms with E-state index < -0.39 is 7.29 Å². The van der Waals surface area contributed by atoms with E-state index in [1.165, 1.54) is 0 Å². The number of nitrogens with one attached hydrogen (secondary N) is 1. The molecule has 0 amide bonds. The molecule has 0 spiro atoms. The van der Waals surface area contributed by atoms with Crippen LogP contribution in [0.4, 0.5) is 0 Å². The second kappa shape index (κ2) is 7.48. The normalized spacial score (nSPS) is 12.8. The summed E-state index contributed by atoms with van der Waals surface area (Å²) in [6.07, 6.45) is 0. The van der Waals surface area contributed by atoms with Crippen molar-refractivity contribution in [3.05, 3.63) is 95.0 Å². The third-order valence-electron chi connectivity index (χ3n) is 3.99. The maximum Gasteiger partial charge on any atom is 0.205 e. The van der Waals surface area contributed by atoms with Gasteiger partial charge < -0.3 is 0 Å². The average Bonchev–Trinajstić information content (AvgIpc) is 2.63. The lowest BCUT2D eigenvalue weighted by Crippen LogP contribution is -2.29. The Morgan fingerprint density at radius 1 is 0.792 bits per heavy atom. The monoisotopic (exact) mass is 399 g/mol. The summed E-state index contributed by atoms with van der Waals surface area (Å²) in [6.45, 7) is 2.04. The van der Waals surface area contributed by atoms with Crippen molar-refractivity contribution >= 4 is 33.8 Å². The number of halogens is 1. The maximum atomic E-state index is 13.9. The lowest BCUT2D eigenvalue weighted by atomic mass is 10.1. The van der Waals surface area contributed by atoms with Gasteiger partial charge in [0.05, 0.1) is 0 Å². The van der Waals surface area contributed by atoms with Gasteiger partial charge in [-0.3, -0.25) is 9.65 Å². The SMILES string of the molecule is C[C@H](NP(=O)(c1ccccc1)c1ccccc1)c1ccc(Br)cc1. The predicted octanol–water partition coefficient (Wildman–Crippen LogP) is 5.03. The molecule has 0 radical (unpaired) electrons. The molecule has 0 aliphatic carbocycles. The molecule has 0 bridgehead atoms. The van der Waals surface area contributed by atoms with Gasteiger partial charge in [0.15, 0.2) is 0 Å². The highest BCUT2D eigenvalue weighted by Gasteiger charge is 2.28. The highest BCUT2D eigenvalue weighted by atomic mass is 79.9. The smallest absolute Gasteiger partial charge is 0.205 e. The Morgan fingerprint density at radius 2 is 1.25 bits per heavy atom. The van der Waals surface area contributed by atoms with Gasteiger partial charge in [-0.1, -0.05) is 64.5 Å². The van der Waals surface area contributed by atoms with Gasteiger partial charge in [-0.15, -0.1) is 0 Å². The summed E-state index contributed by atoms with van der Waals surface area (Å²) in [5.41, 5.74) is 1.10. The molecule has 24 heavy (non-hydrogen) atoms. The molecule has 1 N–H and O–H groups in total. The fourth-order valence-electron chi connectivity index (χ4n) is 2.67. The molecule has 3 aromatic rings. The van der Waals surface area contributed by atoms with Crippen LogP contribution in [0.25, 0.3) is 0 Å². The summed E-state index contributed by atoms with van der Waals surface area (Å²) >= 11 is 3.45. The first-order valence-electron chi connectivity index (χ1n) is 7.84. The third kappa shape index (κ3) is 3.70. The molecule has 0 aliphatic rings. The molecule has 0 aromatic heterocycles. The van der Waals surface area contributed by atoms with Gasteiger partial charge in [-0.05, 0) is 48.9 Å². The Balaban J connectivity index is 2.00. The second-order valence-corrected chi connectivity index (χ2v) is 9.11. The standard InChI is InChI=1S/C20H19BrNOP/c1-16(17-12-14-18(21)15-13-17)22-24(23,19-8-4-2-5-9-19)20-10-6-3-7-11-20/h2-16H,1H3,(H,22,23)/t16-/m0/s1. The highest BCUT2D eigenvalue weighted by Crippen LogP contribution is 2.41. The number of hydrogen-bond donors (Lipinski definition) is 1. The average molecular weight is 400 g/mol. The summed E-state index contributed by atoms with van der Waals surface area (Å²) < 4.78 is 15.0. The molecule has 0 aliphatic heterocycles. The van der Waals surface area contributed by atoms with Crippen LogP contribution in [-0.4, -0.2) is 0 Å². The number of hydrogen-bond acceptors (Lipinski definition) is 1. The Bertz CT molecular complexity index is 791. The van der Waals surface area contributed by atoms with Crippen molar-refractivity contribution in [3.63, 3.8) is 0 Å². The minimum atomic E-state index is -2.92. The van der Waals surface area contributed by atoms with Gasteiger partial charge in [-0.25, -0.2) is 0 Å². The minimum Gasteiger partial charge on any atom is -0.297 e. The lowest BCUT2D eigenvalue weighted by Gasteiger charge is -2.25. The molecule has 2 nitrogen and oxygen atoms in total. The van der Waals surface area contributed by atoms with E-state index in [0.29, 0.717) is 0 Å². The van der Waals surface area contributed by atoms with Crippen LogP contribution in [-0.2, 0) is 4.57 Å². The lowest BCUT2D eigenvalue weighted by molar-refractivity contribution is 0.568. The van der Waals surface area contributed by atoms with Crippen molar-refractivity contribution in [2.75, 3.05) is 0 Å². The Labute approximate surface area is 151 Å². The Morgan fingerprint density at radius 3 is 1.71 bits per heavy atom. The molecule has 0 unspecified atom stereocenters. The van der Waals surface area contributed by atoms with Crippen LogP contribution in [0.15, 0.2) is 89.4 Å².